The number of phenols is 1. The van der Waals surface area contributed by atoms with Gasteiger partial charge >= 0.3 is 5.97 Å². The van der Waals surface area contributed by atoms with Gasteiger partial charge in [-0.2, -0.15) is 0 Å². The third kappa shape index (κ3) is 5.60. The van der Waals surface area contributed by atoms with Gasteiger partial charge in [-0.1, -0.05) is 12.1 Å². The first-order valence-corrected chi connectivity index (χ1v) is 7.83. The van der Waals surface area contributed by atoms with E-state index >= 15 is 0 Å². The molecule has 0 saturated carbocycles. The number of esters is 1. The van der Waals surface area contributed by atoms with Gasteiger partial charge in [0.25, 0.3) is 0 Å². The monoisotopic (exact) mass is 346 g/mol. The van der Waals surface area contributed by atoms with Gasteiger partial charge in [-0.25, -0.2) is 4.79 Å². The number of ether oxygens (including phenoxy) is 4. The molecule has 25 heavy (non-hydrogen) atoms. The summed E-state index contributed by atoms with van der Waals surface area (Å²) in [6.45, 7) is 3.91. The minimum absolute atomic E-state index is 0.150. The summed E-state index contributed by atoms with van der Waals surface area (Å²) in [7, 11) is 1.32. The number of carbonyl (C=O) groups is 1. The molecule has 0 atom stereocenters. The molecule has 0 aliphatic heterocycles. The predicted molar refractivity (Wildman–Crippen MR) is 92.3 cm³/mol. The smallest absolute Gasteiger partial charge is 0.349 e. The first-order chi connectivity index (χ1) is 11.9. The summed E-state index contributed by atoms with van der Waals surface area (Å²) in [5, 5.41) is 9.37. The number of aromatic hydroxyl groups is 1. The molecular formula is C19H22O6. The summed E-state index contributed by atoms with van der Waals surface area (Å²) in [6, 6.07) is 13.5. The molecule has 2 aromatic rings. The highest BCUT2D eigenvalue weighted by Gasteiger charge is 2.31. The van der Waals surface area contributed by atoms with E-state index in [0.29, 0.717) is 30.5 Å². The molecule has 0 amide bonds. The molecule has 0 spiro atoms. The Labute approximate surface area is 146 Å². The number of hydrogen-bond acceptors (Lipinski definition) is 6. The van der Waals surface area contributed by atoms with Gasteiger partial charge in [0.15, 0.2) is 5.60 Å². The largest absolute Gasteiger partial charge is 0.508 e. The molecule has 1 N–H and O–H groups in total. The van der Waals surface area contributed by atoms with E-state index in [4.69, 9.17) is 18.9 Å². The number of rotatable bonds is 8. The van der Waals surface area contributed by atoms with Crippen LogP contribution in [0.15, 0.2) is 48.5 Å². The summed E-state index contributed by atoms with van der Waals surface area (Å²) in [5.41, 5.74) is -1.09. The normalized spacial score (nSPS) is 10.8. The molecule has 2 aromatic carbocycles. The fraction of sp³-hybridized carbons (Fsp3) is 0.316. The molecule has 0 fully saturated rings. The summed E-state index contributed by atoms with van der Waals surface area (Å²) < 4.78 is 21.5. The predicted octanol–water partition coefficient (Wildman–Crippen LogP) is 3.18. The Kier molecular flexibility index (Phi) is 6.11. The van der Waals surface area contributed by atoms with Gasteiger partial charge in [0, 0.05) is 12.1 Å². The number of carbonyl (C=O) groups excluding carboxylic acids is 1. The van der Waals surface area contributed by atoms with E-state index in [1.165, 1.54) is 13.2 Å². The van der Waals surface area contributed by atoms with Crippen molar-refractivity contribution in [2.75, 3.05) is 20.3 Å². The highest BCUT2D eigenvalue weighted by atomic mass is 16.6. The topological polar surface area (TPSA) is 74.2 Å². The van der Waals surface area contributed by atoms with Crippen LogP contribution in [-0.2, 0) is 9.53 Å². The standard InChI is InChI=1S/C19H22O6/c1-19(2,18(21)22-3)25-17-9-5-8-16(13-17)24-11-10-23-15-7-4-6-14(20)12-15/h4-9,12-13,20H,10-11H2,1-3H3. The van der Waals surface area contributed by atoms with Crippen LogP contribution in [0.4, 0.5) is 0 Å². The second-order valence-corrected chi connectivity index (χ2v) is 5.77. The van der Waals surface area contributed by atoms with Crippen molar-refractivity contribution < 1.29 is 28.8 Å². The third-order valence-corrected chi connectivity index (χ3v) is 3.29. The van der Waals surface area contributed by atoms with Crippen molar-refractivity contribution in [2.45, 2.75) is 19.4 Å². The van der Waals surface area contributed by atoms with Crippen LogP contribution in [0.1, 0.15) is 13.8 Å². The second-order valence-electron chi connectivity index (χ2n) is 5.77. The average Bonchev–Trinajstić information content (AvgIpc) is 2.58. The van der Waals surface area contributed by atoms with Crippen molar-refractivity contribution >= 4 is 5.97 Å². The molecule has 0 bridgehead atoms. The van der Waals surface area contributed by atoms with Gasteiger partial charge in [-0.3, -0.25) is 0 Å². The molecule has 134 valence electrons. The van der Waals surface area contributed by atoms with E-state index in [1.807, 2.05) is 0 Å². The molecule has 6 heteroatoms. The first kappa shape index (κ1) is 18.4. The summed E-state index contributed by atoms with van der Waals surface area (Å²) >= 11 is 0. The van der Waals surface area contributed by atoms with Crippen molar-refractivity contribution in [2.24, 2.45) is 0 Å². The maximum atomic E-state index is 11.7. The highest BCUT2D eigenvalue weighted by molar-refractivity contribution is 5.78. The SMILES string of the molecule is COC(=O)C(C)(C)Oc1cccc(OCCOc2cccc(O)c2)c1. The van der Waals surface area contributed by atoms with Crippen LogP contribution in [-0.4, -0.2) is 37.0 Å². The van der Waals surface area contributed by atoms with Gasteiger partial charge in [0.1, 0.15) is 36.2 Å². The zero-order chi connectivity index (χ0) is 18.3. The van der Waals surface area contributed by atoms with Crippen molar-refractivity contribution in [3.05, 3.63) is 48.5 Å². The van der Waals surface area contributed by atoms with E-state index in [9.17, 15) is 9.90 Å². The zero-order valence-corrected chi connectivity index (χ0v) is 14.5. The van der Waals surface area contributed by atoms with Gasteiger partial charge in [0.2, 0.25) is 0 Å². The van der Waals surface area contributed by atoms with Crippen LogP contribution in [0, 0.1) is 0 Å². The molecular weight excluding hydrogens is 324 g/mol. The highest BCUT2D eigenvalue weighted by Crippen LogP contribution is 2.24. The lowest BCUT2D eigenvalue weighted by molar-refractivity contribution is -0.156. The maximum Gasteiger partial charge on any atom is 0.349 e. The van der Waals surface area contributed by atoms with Crippen LogP contribution in [0.3, 0.4) is 0 Å². The van der Waals surface area contributed by atoms with E-state index < -0.39 is 11.6 Å². The molecule has 0 heterocycles. The van der Waals surface area contributed by atoms with Gasteiger partial charge < -0.3 is 24.1 Å². The Balaban J connectivity index is 1.86. The lowest BCUT2D eigenvalue weighted by Gasteiger charge is -2.23. The number of hydrogen-bond donors (Lipinski definition) is 1. The molecule has 0 aliphatic carbocycles. The maximum absolute atomic E-state index is 11.7. The summed E-state index contributed by atoms with van der Waals surface area (Å²) in [6.07, 6.45) is 0. The fourth-order valence-electron chi connectivity index (χ4n) is 2.10. The Hall–Kier alpha value is -2.89. The Bertz CT molecular complexity index is 711. The molecule has 0 saturated heterocycles. The molecule has 2 rings (SSSR count). The summed E-state index contributed by atoms with van der Waals surface area (Å²) in [5.74, 6) is 1.36. The fourth-order valence-corrected chi connectivity index (χ4v) is 2.10. The van der Waals surface area contributed by atoms with E-state index in [1.54, 1.807) is 56.3 Å². The Morgan fingerprint density at radius 2 is 1.52 bits per heavy atom. The molecule has 0 radical (unpaired) electrons. The molecule has 0 unspecified atom stereocenters. The van der Waals surface area contributed by atoms with Gasteiger partial charge in [0.05, 0.1) is 7.11 Å². The molecule has 0 aliphatic rings. The van der Waals surface area contributed by atoms with Crippen molar-refractivity contribution in [3.8, 4) is 23.0 Å². The average molecular weight is 346 g/mol. The lowest BCUT2D eigenvalue weighted by atomic mass is 10.1. The number of benzene rings is 2. The zero-order valence-electron chi connectivity index (χ0n) is 14.5. The Morgan fingerprint density at radius 1 is 0.960 bits per heavy atom. The number of methoxy groups -OCH3 is 1. The molecule has 0 aromatic heterocycles. The van der Waals surface area contributed by atoms with Crippen molar-refractivity contribution in [1.82, 2.24) is 0 Å². The summed E-state index contributed by atoms with van der Waals surface area (Å²) in [4.78, 5) is 11.7. The van der Waals surface area contributed by atoms with Crippen LogP contribution in [0.25, 0.3) is 0 Å². The van der Waals surface area contributed by atoms with Crippen LogP contribution in [0.2, 0.25) is 0 Å². The van der Waals surface area contributed by atoms with Crippen LogP contribution < -0.4 is 14.2 Å². The van der Waals surface area contributed by atoms with Crippen molar-refractivity contribution in [1.29, 1.82) is 0 Å². The van der Waals surface area contributed by atoms with E-state index in [0.717, 1.165) is 0 Å². The first-order valence-electron chi connectivity index (χ1n) is 7.83. The quantitative estimate of drug-likeness (QED) is 0.584. The second kappa shape index (κ2) is 8.28. The third-order valence-electron chi connectivity index (χ3n) is 3.29. The van der Waals surface area contributed by atoms with Crippen LogP contribution >= 0.6 is 0 Å². The van der Waals surface area contributed by atoms with Gasteiger partial charge in [-0.05, 0) is 38.1 Å². The minimum atomic E-state index is -1.09. The van der Waals surface area contributed by atoms with Gasteiger partial charge in [-0.15, -0.1) is 0 Å². The van der Waals surface area contributed by atoms with Crippen molar-refractivity contribution in [3.63, 3.8) is 0 Å². The van der Waals surface area contributed by atoms with Crippen LogP contribution in [0.5, 0.6) is 23.0 Å². The van der Waals surface area contributed by atoms with E-state index in [2.05, 4.69) is 0 Å². The lowest BCUT2D eigenvalue weighted by Crippen LogP contribution is -2.39. The van der Waals surface area contributed by atoms with E-state index in [-0.39, 0.29) is 5.75 Å². The molecule has 6 nitrogen and oxygen atoms in total. The Morgan fingerprint density at radius 3 is 2.12 bits per heavy atom. The minimum Gasteiger partial charge on any atom is -0.508 e. The number of phenolic OH excluding ortho intramolecular Hbond substituents is 1.